The van der Waals surface area contributed by atoms with Gasteiger partial charge in [0.15, 0.2) is 0 Å². The summed E-state index contributed by atoms with van der Waals surface area (Å²) in [6, 6.07) is 7.76. The van der Waals surface area contributed by atoms with Crippen molar-refractivity contribution >= 4 is 34.9 Å². The summed E-state index contributed by atoms with van der Waals surface area (Å²) in [4.78, 5) is 36.3. The lowest BCUT2D eigenvalue weighted by molar-refractivity contribution is -0.124. The standard InChI is InChI=1S/C28H33ClN4O4/c1-27(36)15-20(16-27)33-24(34)6-3-18-13-21(17-30-25(18)33)37-12-11-32-9-7-28(8-10-32)22-14-19(29)4-5-23(22)31(2)26(28)35/h4-5,13-14,17,20,36H,3,6-12,15-16H2,1-2H3/t20-,27+. The van der Waals surface area contributed by atoms with Gasteiger partial charge in [-0.15, -0.1) is 0 Å². The lowest BCUT2D eigenvalue weighted by Crippen LogP contribution is -2.57. The molecule has 196 valence electrons. The van der Waals surface area contributed by atoms with Crippen LogP contribution < -0.4 is 14.5 Å². The summed E-state index contributed by atoms with van der Waals surface area (Å²) >= 11 is 6.28. The minimum absolute atomic E-state index is 0.0118. The second kappa shape index (κ2) is 8.96. The number of ether oxygens (including phenoxy) is 1. The first kappa shape index (κ1) is 24.6. The third kappa shape index (κ3) is 4.19. The zero-order valence-electron chi connectivity index (χ0n) is 21.4. The number of carbonyl (C=O) groups excluding carboxylic acids is 2. The molecule has 4 heterocycles. The average Bonchev–Trinajstić information content (AvgIpc) is 3.05. The number of halogens is 1. The molecule has 2 aromatic rings. The van der Waals surface area contributed by atoms with E-state index in [2.05, 4.69) is 9.88 Å². The fraction of sp³-hybridized carbons (Fsp3) is 0.536. The van der Waals surface area contributed by atoms with Gasteiger partial charge in [0.2, 0.25) is 11.8 Å². The molecule has 4 aliphatic rings. The van der Waals surface area contributed by atoms with Crippen LogP contribution in [0.15, 0.2) is 30.5 Å². The van der Waals surface area contributed by atoms with Crippen LogP contribution in [0.4, 0.5) is 11.5 Å². The van der Waals surface area contributed by atoms with Gasteiger partial charge in [0.25, 0.3) is 0 Å². The molecule has 1 aromatic carbocycles. The third-order valence-electron chi connectivity index (χ3n) is 8.67. The molecule has 6 rings (SSSR count). The number of pyridine rings is 1. The highest BCUT2D eigenvalue weighted by molar-refractivity contribution is 6.31. The molecule has 37 heavy (non-hydrogen) atoms. The van der Waals surface area contributed by atoms with E-state index in [0.29, 0.717) is 48.9 Å². The molecule has 8 nitrogen and oxygen atoms in total. The van der Waals surface area contributed by atoms with Crippen molar-refractivity contribution in [1.29, 1.82) is 0 Å². The normalized spacial score (nSPS) is 26.8. The van der Waals surface area contributed by atoms with Gasteiger partial charge in [-0.2, -0.15) is 0 Å². The summed E-state index contributed by atoms with van der Waals surface area (Å²) in [6.07, 6.45) is 5.49. The number of anilines is 2. The fourth-order valence-electron chi connectivity index (χ4n) is 6.62. The lowest BCUT2D eigenvalue weighted by Gasteiger charge is -2.47. The van der Waals surface area contributed by atoms with Crippen LogP contribution in [0.25, 0.3) is 0 Å². The summed E-state index contributed by atoms with van der Waals surface area (Å²) in [6.45, 7) is 4.74. The van der Waals surface area contributed by atoms with Crippen LogP contribution in [-0.2, 0) is 21.4 Å². The van der Waals surface area contributed by atoms with Crippen LogP contribution in [0.1, 0.15) is 50.2 Å². The van der Waals surface area contributed by atoms with Crippen molar-refractivity contribution in [1.82, 2.24) is 9.88 Å². The number of likely N-dealkylation sites (tertiary alicyclic amines) is 1. The predicted molar refractivity (Wildman–Crippen MR) is 141 cm³/mol. The average molecular weight is 525 g/mol. The van der Waals surface area contributed by atoms with Crippen molar-refractivity contribution < 1.29 is 19.4 Å². The van der Waals surface area contributed by atoms with Crippen molar-refractivity contribution in [2.75, 3.05) is 43.1 Å². The molecular formula is C28H33ClN4O4. The summed E-state index contributed by atoms with van der Waals surface area (Å²) < 4.78 is 6.06. The van der Waals surface area contributed by atoms with E-state index in [1.807, 2.05) is 38.2 Å². The topological polar surface area (TPSA) is 86.2 Å². The van der Waals surface area contributed by atoms with E-state index in [9.17, 15) is 14.7 Å². The predicted octanol–water partition coefficient (Wildman–Crippen LogP) is 3.32. The number of benzene rings is 1. The van der Waals surface area contributed by atoms with E-state index in [1.54, 1.807) is 16.0 Å². The van der Waals surface area contributed by atoms with Crippen molar-refractivity contribution in [2.24, 2.45) is 0 Å². The minimum Gasteiger partial charge on any atom is -0.491 e. The smallest absolute Gasteiger partial charge is 0.237 e. The van der Waals surface area contributed by atoms with Gasteiger partial charge in [0.05, 0.1) is 17.2 Å². The first-order chi connectivity index (χ1) is 17.7. The number of likely N-dealkylation sites (N-methyl/N-ethyl adjacent to an activating group) is 1. The molecule has 1 aromatic heterocycles. The third-order valence-corrected chi connectivity index (χ3v) is 8.91. The fourth-order valence-corrected chi connectivity index (χ4v) is 6.79. The Hall–Kier alpha value is -2.68. The number of rotatable bonds is 5. The second-order valence-corrected chi connectivity index (χ2v) is 11.7. The van der Waals surface area contributed by atoms with E-state index >= 15 is 0 Å². The van der Waals surface area contributed by atoms with Crippen molar-refractivity contribution in [3.63, 3.8) is 0 Å². The van der Waals surface area contributed by atoms with Gasteiger partial charge in [-0.25, -0.2) is 4.98 Å². The number of nitrogens with zero attached hydrogens (tertiary/aromatic N) is 4. The summed E-state index contributed by atoms with van der Waals surface area (Å²) in [5.41, 5.74) is 1.86. The molecule has 1 saturated heterocycles. The Kier molecular flexibility index (Phi) is 5.97. The maximum absolute atomic E-state index is 13.2. The molecule has 1 N–H and O–H groups in total. The monoisotopic (exact) mass is 524 g/mol. The maximum atomic E-state index is 13.2. The number of hydrogen-bond acceptors (Lipinski definition) is 6. The van der Waals surface area contributed by atoms with Gasteiger partial charge in [0.1, 0.15) is 18.2 Å². The van der Waals surface area contributed by atoms with Gasteiger partial charge in [0, 0.05) is 36.8 Å². The molecule has 0 radical (unpaired) electrons. The van der Waals surface area contributed by atoms with Crippen LogP contribution >= 0.6 is 11.6 Å². The van der Waals surface area contributed by atoms with Gasteiger partial charge in [-0.3, -0.25) is 19.4 Å². The van der Waals surface area contributed by atoms with Gasteiger partial charge in [-0.1, -0.05) is 11.6 Å². The number of piperidine rings is 1. The molecule has 1 spiro atoms. The van der Waals surface area contributed by atoms with Crippen molar-refractivity contribution in [3.05, 3.63) is 46.6 Å². The molecule has 3 aliphatic heterocycles. The molecular weight excluding hydrogens is 492 g/mol. The summed E-state index contributed by atoms with van der Waals surface area (Å²) in [7, 11) is 1.85. The first-order valence-corrected chi connectivity index (χ1v) is 13.5. The van der Waals surface area contributed by atoms with Gasteiger partial charge >= 0.3 is 0 Å². The van der Waals surface area contributed by atoms with Crippen LogP contribution in [0.5, 0.6) is 5.75 Å². The Bertz CT molecular complexity index is 1250. The van der Waals surface area contributed by atoms with Crippen LogP contribution in [0.3, 0.4) is 0 Å². The van der Waals surface area contributed by atoms with Gasteiger partial charge in [-0.05, 0) is 87.5 Å². The van der Waals surface area contributed by atoms with Crippen molar-refractivity contribution in [2.45, 2.75) is 62.5 Å². The molecule has 1 saturated carbocycles. The lowest BCUT2D eigenvalue weighted by atomic mass is 9.73. The van der Waals surface area contributed by atoms with Gasteiger partial charge < -0.3 is 14.7 Å². The number of amides is 2. The molecule has 9 heteroatoms. The first-order valence-electron chi connectivity index (χ1n) is 13.1. The van der Waals surface area contributed by atoms with E-state index in [1.165, 1.54) is 0 Å². The number of aromatic nitrogens is 1. The highest BCUT2D eigenvalue weighted by Gasteiger charge is 2.51. The number of hydrogen-bond donors (Lipinski definition) is 1. The summed E-state index contributed by atoms with van der Waals surface area (Å²) in [5.74, 6) is 1.66. The largest absolute Gasteiger partial charge is 0.491 e. The minimum atomic E-state index is -0.697. The number of fused-ring (bicyclic) bond motifs is 3. The quantitative estimate of drug-likeness (QED) is 0.646. The zero-order chi connectivity index (χ0) is 25.9. The van der Waals surface area contributed by atoms with Crippen LogP contribution in [0.2, 0.25) is 5.02 Å². The number of aliphatic hydroxyl groups is 1. The van der Waals surface area contributed by atoms with Crippen molar-refractivity contribution in [3.8, 4) is 5.75 Å². The molecule has 2 amide bonds. The Labute approximate surface area is 222 Å². The number of carbonyl (C=O) groups is 2. The Balaban J connectivity index is 1.06. The SMILES string of the molecule is CN1C(=O)C2(CCN(CCOc3cnc4c(c3)CCC(=O)N4[C@H]3C[C@@](C)(O)C3)CC2)c2cc(Cl)ccc21. The zero-order valence-corrected chi connectivity index (χ0v) is 22.1. The number of aryl methyl sites for hydroxylation is 1. The van der Waals surface area contributed by atoms with E-state index < -0.39 is 11.0 Å². The highest BCUT2D eigenvalue weighted by atomic mass is 35.5. The molecule has 0 bridgehead atoms. The Morgan fingerprint density at radius 3 is 2.65 bits per heavy atom. The molecule has 0 atom stereocenters. The van der Waals surface area contributed by atoms with E-state index in [4.69, 9.17) is 16.3 Å². The van der Waals surface area contributed by atoms with E-state index in [-0.39, 0.29) is 17.9 Å². The van der Waals surface area contributed by atoms with Crippen LogP contribution in [-0.4, -0.2) is 71.7 Å². The molecule has 1 aliphatic carbocycles. The van der Waals surface area contributed by atoms with E-state index in [0.717, 1.165) is 49.3 Å². The van der Waals surface area contributed by atoms with Crippen LogP contribution in [0, 0.1) is 0 Å². The molecule has 2 fully saturated rings. The molecule has 0 unspecified atom stereocenters. The highest BCUT2D eigenvalue weighted by Crippen LogP contribution is 2.48. The second-order valence-electron chi connectivity index (χ2n) is 11.3. The maximum Gasteiger partial charge on any atom is 0.237 e. The summed E-state index contributed by atoms with van der Waals surface area (Å²) in [5, 5.41) is 10.8. The Morgan fingerprint density at radius 2 is 1.92 bits per heavy atom. The Morgan fingerprint density at radius 1 is 1.16 bits per heavy atom.